The van der Waals surface area contributed by atoms with Gasteiger partial charge in [-0.15, -0.1) is 0 Å². The van der Waals surface area contributed by atoms with Gasteiger partial charge in [-0.05, 0) is 62.8 Å². The number of hydrogen-bond acceptors (Lipinski definition) is 9. The molecule has 1 heterocycles. The van der Waals surface area contributed by atoms with Crippen LogP contribution in [0.3, 0.4) is 0 Å². The highest BCUT2D eigenvalue weighted by Gasteiger charge is 2.69. The van der Waals surface area contributed by atoms with Crippen LogP contribution in [-0.4, -0.2) is 129 Å². The first-order valence-corrected chi connectivity index (χ1v) is 17.6. The summed E-state index contributed by atoms with van der Waals surface area (Å²) < 4.78 is 5.26. The average Bonchev–Trinajstić information content (AvgIpc) is 3.17. The molecule has 1 fully saturated rings. The molecule has 3 atom stereocenters. The molecule has 3 unspecified atom stereocenters. The number of carboxylic acid groups (broad SMARTS) is 2. The number of carbonyl (C=O) groups is 5. The monoisotopic (exact) mass is 733 g/mol. The van der Waals surface area contributed by atoms with Crippen LogP contribution in [0.5, 0.6) is 5.75 Å². The van der Waals surface area contributed by atoms with Crippen LogP contribution in [0.4, 0.5) is 4.79 Å². The molecule has 0 aromatic heterocycles. The number of benzene rings is 3. The van der Waals surface area contributed by atoms with Gasteiger partial charge in [-0.3, -0.25) is 9.59 Å². The fraction of sp³-hybridized carbons (Fsp3) is 0.425. The number of Topliss-reactive ketones (excluding diaryl/α,β-unsaturated/α-hetero) is 2. The molecule has 3 aromatic rings. The third kappa shape index (κ3) is 10.1. The standard InChI is InChI=1S/C22H37N3O2.C18H14O8/c1-6-13-25(18(2)16-19-7-9-21(27-5)10-8-19)17-20-11-14-24(15-12-20)22(26)23(3)4;19-13(11-7-3-1-4-8-11)17(25,15(21)22)18(26,16(23)24)14(20)12-9-5-2-6-10-12/h7-10,18,20H,6,11-17H2,1-5H3;1-10,25-26H,(H,21,22)(H,23,24). The predicted octanol–water partition coefficient (Wildman–Crippen LogP) is 4.12. The van der Waals surface area contributed by atoms with Crippen molar-refractivity contribution in [2.75, 3.05) is 47.4 Å². The van der Waals surface area contributed by atoms with E-state index in [0.717, 1.165) is 75.5 Å². The van der Waals surface area contributed by atoms with Crippen LogP contribution in [0.15, 0.2) is 84.9 Å². The Hall–Kier alpha value is -5.11. The van der Waals surface area contributed by atoms with Crippen molar-refractivity contribution < 1.29 is 49.1 Å². The number of ketones is 2. The number of rotatable bonds is 15. The maximum Gasteiger partial charge on any atom is 0.348 e. The molecule has 4 N–H and O–H groups in total. The van der Waals surface area contributed by atoms with Crippen LogP contribution in [-0.2, 0) is 16.0 Å². The van der Waals surface area contributed by atoms with Crippen molar-refractivity contribution in [1.82, 2.24) is 14.7 Å². The Kier molecular flexibility index (Phi) is 15.3. The summed E-state index contributed by atoms with van der Waals surface area (Å²) in [6.07, 6.45) is 4.44. The van der Waals surface area contributed by atoms with Crippen molar-refractivity contribution in [1.29, 1.82) is 0 Å². The Labute approximate surface area is 310 Å². The summed E-state index contributed by atoms with van der Waals surface area (Å²) in [5, 5.41) is 39.9. The molecular weight excluding hydrogens is 682 g/mol. The van der Waals surface area contributed by atoms with Gasteiger partial charge in [-0.1, -0.05) is 79.7 Å². The van der Waals surface area contributed by atoms with Gasteiger partial charge in [0.2, 0.25) is 11.6 Å². The van der Waals surface area contributed by atoms with Crippen molar-refractivity contribution in [2.45, 2.75) is 56.8 Å². The molecule has 0 bridgehead atoms. The van der Waals surface area contributed by atoms with Gasteiger partial charge in [-0.25, -0.2) is 14.4 Å². The topological polar surface area (TPSA) is 185 Å². The summed E-state index contributed by atoms with van der Waals surface area (Å²) in [5.41, 5.74) is -7.33. The number of methoxy groups -OCH3 is 1. The van der Waals surface area contributed by atoms with Crippen LogP contribution in [0.2, 0.25) is 0 Å². The first-order valence-electron chi connectivity index (χ1n) is 17.6. The number of urea groups is 1. The van der Waals surface area contributed by atoms with E-state index in [9.17, 15) is 44.4 Å². The Morgan fingerprint density at radius 3 is 1.62 bits per heavy atom. The summed E-state index contributed by atoms with van der Waals surface area (Å²) in [6, 6.07) is 21.9. The smallest absolute Gasteiger partial charge is 0.348 e. The Morgan fingerprint density at radius 1 is 0.792 bits per heavy atom. The largest absolute Gasteiger partial charge is 0.497 e. The maximum absolute atomic E-state index is 12.6. The Balaban J connectivity index is 0.000000286. The lowest BCUT2D eigenvalue weighted by Crippen LogP contribution is -2.71. The highest BCUT2D eigenvalue weighted by molar-refractivity contribution is 6.28. The molecule has 2 amide bonds. The molecule has 13 nitrogen and oxygen atoms in total. The molecule has 0 saturated carbocycles. The minimum absolute atomic E-state index is 0.145. The maximum atomic E-state index is 12.6. The molecule has 1 aliphatic heterocycles. The molecule has 53 heavy (non-hydrogen) atoms. The number of nitrogens with zero attached hydrogens (tertiary/aromatic N) is 3. The fourth-order valence-electron chi connectivity index (χ4n) is 6.36. The van der Waals surface area contributed by atoms with Crippen LogP contribution in [0, 0.1) is 5.92 Å². The van der Waals surface area contributed by atoms with Gasteiger partial charge in [0.15, 0.2) is 0 Å². The van der Waals surface area contributed by atoms with E-state index in [1.165, 1.54) is 48.4 Å². The van der Waals surface area contributed by atoms with E-state index in [-0.39, 0.29) is 6.03 Å². The second-order valence-electron chi connectivity index (χ2n) is 13.4. The predicted molar refractivity (Wildman–Crippen MR) is 198 cm³/mol. The molecule has 0 aliphatic carbocycles. The molecular formula is C40H51N3O10. The summed E-state index contributed by atoms with van der Waals surface area (Å²) in [6.45, 7) is 8.63. The Bertz CT molecular complexity index is 1600. The number of aliphatic hydroxyl groups is 2. The number of carboxylic acids is 2. The summed E-state index contributed by atoms with van der Waals surface area (Å²) in [7, 11) is 5.37. The highest BCUT2D eigenvalue weighted by Crippen LogP contribution is 2.32. The minimum atomic E-state index is -3.95. The van der Waals surface area contributed by atoms with Gasteiger partial charge in [0.25, 0.3) is 11.2 Å². The quantitative estimate of drug-likeness (QED) is 0.130. The number of likely N-dealkylation sites (tertiary alicyclic amines) is 1. The molecule has 4 rings (SSSR count). The lowest BCUT2D eigenvalue weighted by molar-refractivity contribution is -0.187. The average molecular weight is 734 g/mol. The van der Waals surface area contributed by atoms with E-state index in [0.29, 0.717) is 12.0 Å². The van der Waals surface area contributed by atoms with E-state index >= 15 is 0 Å². The van der Waals surface area contributed by atoms with E-state index < -0.39 is 45.8 Å². The van der Waals surface area contributed by atoms with Crippen molar-refractivity contribution >= 4 is 29.5 Å². The zero-order valence-corrected chi connectivity index (χ0v) is 31.0. The lowest BCUT2D eigenvalue weighted by atomic mass is 9.73. The molecule has 13 heteroatoms. The van der Waals surface area contributed by atoms with Gasteiger partial charge in [0.05, 0.1) is 7.11 Å². The second-order valence-corrected chi connectivity index (χ2v) is 13.4. The highest BCUT2D eigenvalue weighted by atomic mass is 16.5. The van der Waals surface area contributed by atoms with E-state index in [4.69, 9.17) is 4.74 Å². The van der Waals surface area contributed by atoms with Gasteiger partial charge in [0.1, 0.15) is 5.75 Å². The van der Waals surface area contributed by atoms with Crippen molar-refractivity contribution in [2.24, 2.45) is 5.92 Å². The number of aliphatic carboxylic acids is 2. The van der Waals surface area contributed by atoms with Crippen LogP contribution >= 0.6 is 0 Å². The Morgan fingerprint density at radius 2 is 1.25 bits per heavy atom. The summed E-state index contributed by atoms with van der Waals surface area (Å²) in [4.78, 5) is 67.0. The normalized spacial score (nSPS) is 15.9. The first-order chi connectivity index (χ1) is 25.1. The molecule has 3 aromatic carbocycles. The summed E-state index contributed by atoms with van der Waals surface area (Å²) >= 11 is 0. The molecule has 0 spiro atoms. The SMILES string of the molecule is CCCN(CC1CCN(C(=O)N(C)C)CC1)C(C)Cc1ccc(OC)cc1.O=C(O)C(O)(C(=O)c1ccccc1)C(O)(C(=O)O)C(=O)c1ccccc1. The van der Waals surface area contributed by atoms with Gasteiger partial charge >= 0.3 is 18.0 Å². The molecule has 0 radical (unpaired) electrons. The zero-order valence-electron chi connectivity index (χ0n) is 31.0. The van der Waals surface area contributed by atoms with Crippen molar-refractivity contribution in [3.8, 4) is 5.75 Å². The number of ether oxygens (including phenoxy) is 1. The third-order valence-corrected chi connectivity index (χ3v) is 9.46. The van der Waals surface area contributed by atoms with Crippen LogP contribution in [0.25, 0.3) is 0 Å². The number of hydrogen-bond donors (Lipinski definition) is 4. The minimum Gasteiger partial charge on any atom is -0.497 e. The van der Waals surface area contributed by atoms with Gasteiger partial charge < -0.3 is 39.9 Å². The fourth-order valence-corrected chi connectivity index (χ4v) is 6.36. The van der Waals surface area contributed by atoms with Crippen molar-refractivity contribution in [3.63, 3.8) is 0 Å². The number of piperidine rings is 1. The van der Waals surface area contributed by atoms with E-state index in [1.807, 2.05) is 31.1 Å². The molecule has 1 saturated heterocycles. The van der Waals surface area contributed by atoms with E-state index in [1.54, 1.807) is 12.0 Å². The second kappa shape index (κ2) is 19.1. The van der Waals surface area contributed by atoms with Gasteiger partial charge in [0, 0.05) is 50.9 Å². The van der Waals surface area contributed by atoms with E-state index in [2.05, 4.69) is 30.9 Å². The van der Waals surface area contributed by atoms with Crippen LogP contribution in [0.1, 0.15) is 59.4 Å². The third-order valence-electron chi connectivity index (χ3n) is 9.46. The number of carbonyl (C=O) groups excluding carboxylic acids is 3. The first kappa shape index (κ1) is 42.3. The zero-order chi connectivity index (χ0) is 39.3. The van der Waals surface area contributed by atoms with Crippen LogP contribution < -0.4 is 4.74 Å². The molecule has 1 aliphatic rings. The van der Waals surface area contributed by atoms with Gasteiger partial charge in [-0.2, -0.15) is 0 Å². The van der Waals surface area contributed by atoms with Crippen molar-refractivity contribution in [3.05, 3.63) is 102 Å². The summed E-state index contributed by atoms with van der Waals surface area (Å²) in [5.74, 6) is -6.43. The lowest BCUT2D eigenvalue weighted by Gasteiger charge is -2.37. The molecule has 286 valence electrons. The number of amides is 2.